The molecule has 4 nitrogen and oxygen atoms in total. The minimum absolute atomic E-state index is 0.530. The van der Waals surface area contributed by atoms with Gasteiger partial charge in [0.25, 0.3) is 0 Å². The normalized spacial score (nSPS) is 45.8. The van der Waals surface area contributed by atoms with E-state index in [1.165, 1.54) is 96.8 Å². The van der Waals surface area contributed by atoms with Crippen LogP contribution in [0.15, 0.2) is 0 Å². The van der Waals surface area contributed by atoms with Gasteiger partial charge in [0.05, 0.1) is 12.2 Å². The van der Waals surface area contributed by atoms with Gasteiger partial charge in [-0.2, -0.15) is 0 Å². The molecule has 2 aliphatic heterocycles. The van der Waals surface area contributed by atoms with Gasteiger partial charge < -0.3 is 10.1 Å². The van der Waals surface area contributed by atoms with Gasteiger partial charge in [-0.05, 0) is 82.6 Å². The number of nitrogens with zero attached hydrogens (tertiary/aromatic N) is 1. The zero-order valence-corrected chi connectivity index (χ0v) is 16.9. The smallest absolute Gasteiger partial charge is 0.0582 e. The first kappa shape index (κ1) is 19.2. The largest absolute Gasteiger partial charge is 0.375 e. The average molecular weight is 364 g/mol. The van der Waals surface area contributed by atoms with Crippen molar-refractivity contribution in [2.45, 2.75) is 95.8 Å². The molecule has 0 aromatic heterocycles. The molecular formula is C22H41N3O. The molecule has 4 rings (SSSR count). The molecule has 2 heterocycles. The van der Waals surface area contributed by atoms with Crippen LogP contribution in [0, 0.1) is 17.8 Å². The number of rotatable bonds is 0. The Bertz CT molecular complexity index is 432. The third kappa shape index (κ3) is 5.43. The van der Waals surface area contributed by atoms with Crippen molar-refractivity contribution in [1.29, 1.82) is 0 Å². The van der Waals surface area contributed by atoms with E-state index in [1.54, 1.807) is 0 Å². The lowest BCUT2D eigenvalue weighted by molar-refractivity contribution is -0.0662. The molecule has 7 atom stereocenters. The van der Waals surface area contributed by atoms with E-state index in [9.17, 15) is 0 Å². The third-order valence-electron chi connectivity index (χ3n) is 7.38. The predicted molar refractivity (Wildman–Crippen MR) is 107 cm³/mol. The lowest BCUT2D eigenvalue weighted by Gasteiger charge is -2.37. The van der Waals surface area contributed by atoms with E-state index < -0.39 is 0 Å². The Balaban J connectivity index is 1.38. The zero-order valence-electron chi connectivity index (χ0n) is 16.9. The third-order valence-corrected chi connectivity index (χ3v) is 7.38. The molecule has 2 aliphatic carbocycles. The van der Waals surface area contributed by atoms with E-state index in [1.807, 2.05) is 0 Å². The van der Waals surface area contributed by atoms with Crippen molar-refractivity contribution in [3.63, 3.8) is 0 Å². The van der Waals surface area contributed by atoms with Crippen molar-refractivity contribution in [3.8, 4) is 0 Å². The molecule has 4 aliphatic rings. The first-order valence-corrected chi connectivity index (χ1v) is 11.6. The highest BCUT2D eigenvalue weighted by molar-refractivity contribution is 4.83. The highest BCUT2D eigenvalue weighted by Gasteiger charge is 2.31. The molecule has 4 heteroatoms. The quantitative estimate of drug-likeness (QED) is 0.688. The fraction of sp³-hybridized carbons (Fsp3) is 1.00. The number of hydrogen-bond donors (Lipinski definition) is 2. The van der Waals surface area contributed by atoms with Crippen molar-refractivity contribution < 1.29 is 4.74 Å². The Hall–Kier alpha value is -0.160. The number of hydrazine groups is 1. The summed E-state index contributed by atoms with van der Waals surface area (Å²) in [5.74, 6) is 2.55. The van der Waals surface area contributed by atoms with Crippen LogP contribution in [-0.4, -0.2) is 49.4 Å². The van der Waals surface area contributed by atoms with Gasteiger partial charge >= 0.3 is 0 Å². The molecule has 0 aromatic rings. The summed E-state index contributed by atoms with van der Waals surface area (Å²) in [5, 5.41) is 6.33. The maximum absolute atomic E-state index is 6.67. The van der Waals surface area contributed by atoms with Crippen molar-refractivity contribution in [2.75, 3.05) is 26.2 Å². The van der Waals surface area contributed by atoms with Gasteiger partial charge in [0.15, 0.2) is 0 Å². The lowest BCUT2D eigenvalue weighted by atomic mass is 9.82. The summed E-state index contributed by atoms with van der Waals surface area (Å²) in [4.78, 5) is 0. The fourth-order valence-electron chi connectivity index (χ4n) is 6.05. The van der Waals surface area contributed by atoms with E-state index in [-0.39, 0.29) is 0 Å². The molecule has 6 unspecified atom stereocenters. The van der Waals surface area contributed by atoms with Crippen LogP contribution in [0.25, 0.3) is 0 Å². The Kier molecular flexibility index (Phi) is 6.90. The molecular weight excluding hydrogens is 322 g/mol. The molecule has 2 N–H and O–H groups in total. The number of fused-ring (bicyclic) bond motifs is 6. The van der Waals surface area contributed by atoms with Crippen LogP contribution in [0.2, 0.25) is 0 Å². The van der Waals surface area contributed by atoms with Crippen molar-refractivity contribution in [1.82, 2.24) is 15.8 Å². The van der Waals surface area contributed by atoms with Gasteiger partial charge in [0.1, 0.15) is 0 Å². The molecule has 2 saturated heterocycles. The maximum Gasteiger partial charge on any atom is 0.0582 e. The number of nitrogens with one attached hydrogen (secondary N) is 2. The molecule has 6 bridgehead atoms. The molecule has 0 radical (unpaired) electrons. The molecule has 0 spiro atoms. The Morgan fingerprint density at radius 3 is 2.31 bits per heavy atom. The van der Waals surface area contributed by atoms with Gasteiger partial charge in [0.2, 0.25) is 0 Å². The first-order valence-electron chi connectivity index (χ1n) is 11.6. The summed E-state index contributed by atoms with van der Waals surface area (Å²) in [7, 11) is 0. The van der Waals surface area contributed by atoms with E-state index in [0.29, 0.717) is 18.2 Å². The highest BCUT2D eigenvalue weighted by atomic mass is 16.5. The van der Waals surface area contributed by atoms with E-state index in [0.717, 1.165) is 17.8 Å². The van der Waals surface area contributed by atoms with Gasteiger partial charge in [-0.15, -0.1) is 0 Å². The number of ether oxygens (including phenoxy) is 1. The van der Waals surface area contributed by atoms with Crippen LogP contribution in [0.1, 0.15) is 77.6 Å². The molecule has 0 amide bonds. The summed E-state index contributed by atoms with van der Waals surface area (Å²) < 4.78 is 6.67. The van der Waals surface area contributed by atoms with Crippen molar-refractivity contribution >= 4 is 0 Å². The van der Waals surface area contributed by atoms with Gasteiger partial charge in [-0.3, -0.25) is 5.43 Å². The summed E-state index contributed by atoms with van der Waals surface area (Å²) >= 11 is 0. The molecule has 26 heavy (non-hydrogen) atoms. The highest BCUT2D eigenvalue weighted by Crippen LogP contribution is 2.34. The lowest BCUT2D eigenvalue weighted by Crippen LogP contribution is -2.39. The van der Waals surface area contributed by atoms with Crippen molar-refractivity contribution in [3.05, 3.63) is 0 Å². The summed E-state index contributed by atoms with van der Waals surface area (Å²) in [6.07, 6.45) is 15.9. The minimum Gasteiger partial charge on any atom is -0.375 e. The summed E-state index contributed by atoms with van der Waals surface area (Å²) in [5.41, 5.74) is 3.68. The van der Waals surface area contributed by atoms with Crippen LogP contribution in [-0.2, 0) is 4.74 Å². The molecule has 0 aromatic carbocycles. The Morgan fingerprint density at radius 1 is 0.769 bits per heavy atom. The van der Waals surface area contributed by atoms with E-state index in [2.05, 4.69) is 22.7 Å². The van der Waals surface area contributed by atoms with Crippen LogP contribution in [0.5, 0.6) is 0 Å². The van der Waals surface area contributed by atoms with Gasteiger partial charge in [-0.1, -0.05) is 19.3 Å². The standard InChI is InChI=1S/C22H41N3O/c1-17-11-18-5-2-8-21(12-18)26-22-9-3-6-19(13-22)15-25-16-20(14-24-25)7-4-10-23-17/h17-24H,2-16H2,1H3/t17-,18?,19?,20?,21?,22?/m1/s1. The second-order valence-electron chi connectivity index (χ2n) is 9.81. The monoisotopic (exact) mass is 363 g/mol. The number of hydrogen-bond acceptors (Lipinski definition) is 4. The second-order valence-corrected chi connectivity index (χ2v) is 9.81. The van der Waals surface area contributed by atoms with Crippen LogP contribution in [0.3, 0.4) is 0 Å². The first-order chi connectivity index (χ1) is 12.7. The molecule has 2 saturated carbocycles. The zero-order chi connectivity index (χ0) is 17.8. The second kappa shape index (κ2) is 9.36. The topological polar surface area (TPSA) is 36.5 Å². The van der Waals surface area contributed by atoms with Crippen LogP contribution >= 0.6 is 0 Å². The molecule has 150 valence electrons. The Labute approximate surface area is 160 Å². The van der Waals surface area contributed by atoms with E-state index >= 15 is 0 Å². The average Bonchev–Trinajstić information content (AvgIpc) is 3.06. The fourth-order valence-corrected chi connectivity index (χ4v) is 6.05. The van der Waals surface area contributed by atoms with Crippen LogP contribution in [0.4, 0.5) is 0 Å². The predicted octanol–water partition coefficient (Wildman–Crippen LogP) is 3.72. The summed E-state index contributed by atoms with van der Waals surface area (Å²) in [6.45, 7) is 7.26. The van der Waals surface area contributed by atoms with Gasteiger partial charge in [0, 0.05) is 25.7 Å². The molecule has 4 fully saturated rings. The van der Waals surface area contributed by atoms with Crippen LogP contribution < -0.4 is 10.7 Å². The SMILES string of the molecule is C[C@@H]1CC2CCCC(C2)OC2CCCC(C2)CN2CC(CCCN1)CN2. The Morgan fingerprint density at radius 2 is 1.46 bits per heavy atom. The van der Waals surface area contributed by atoms with Crippen molar-refractivity contribution in [2.24, 2.45) is 17.8 Å². The van der Waals surface area contributed by atoms with E-state index in [4.69, 9.17) is 4.74 Å². The maximum atomic E-state index is 6.67. The van der Waals surface area contributed by atoms with Gasteiger partial charge in [-0.25, -0.2) is 5.01 Å². The summed E-state index contributed by atoms with van der Waals surface area (Å²) in [6, 6.07) is 0.659. The minimum atomic E-state index is 0.530.